The van der Waals surface area contributed by atoms with E-state index in [9.17, 15) is 22.8 Å². The highest BCUT2D eigenvalue weighted by molar-refractivity contribution is 5.96. The lowest BCUT2D eigenvalue weighted by Gasteiger charge is -2.27. The van der Waals surface area contributed by atoms with Crippen molar-refractivity contribution in [1.82, 2.24) is 4.90 Å². The second-order valence-electron chi connectivity index (χ2n) is 5.22. The molecule has 0 saturated heterocycles. The van der Waals surface area contributed by atoms with Gasteiger partial charge in [0.2, 0.25) is 0 Å². The fourth-order valence-corrected chi connectivity index (χ4v) is 2.07. The molecule has 1 aliphatic rings. The van der Waals surface area contributed by atoms with Crippen LogP contribution in [0.2, 0.25) is 0 Å². The van der Waals surface area contributed by atoms with E-state index in [1.54, 1.807) is 6.07 Å². The van der Waals surface area contributed by atoms with Crippen LogP contribution in [0.5, 0.6) is 0 Å². The van der Waals surface area contributed by atoms with Crippen molar-refractivity contribution in [3.05, 3.63) is 29.3 Å². The monoisotopic (exact) mass is 316 g/mol. The predicted octanol–water partition coefficient (Wildman–Crippen LogP) is 3.16. The maximum Gasteiger partial charge on any atom is 0.406 e. The van der Waals surface area contributed by atoms with E-state index in [0.717, 1.165) is 0 Å². The number of esters is 1. The van der Waals surface area contributed by atoms with Gasteiger partial charge in [-0.05, 0) is 26.0 Å². The molecule has 22 heavy (non-hydrogen) atoms. The van der Waals surface area contributed by atoms with Crippen molar-refractivity contribution in [3.63, 3.8) is 0 Å². The number of halogens is 3. The van der Waals surface area contributed by atoms with Gasteiger partial charge in [-0.15, -0.1) is 0 Å². The van der Waals surface area contributed by atoms with Gasteiger partial charge in [0.15, 0.2) is 0 Å². The molecule has 0 aromatic heterocycles. The van der Waals surface area contributed by atoms with E-state index in [1.807, 2.05) is 0 Å². The number of nitrogens with zero attached hydrogens (tertiary/aromatic N) is 1. The lowest BCUT2D eigenvalue weighted by atomic mass is 10.1. The fraction of sp³-hybridized carbons (Fsp3) is 0.429. The maximum atomic E-state index is 12.5. The molecule has 1 aromatic carbocycles. The molecule has 8 heteroatoms. The number of alkyl halides is 3. The van der Waals surface area contributed by atoms with Gasteiger partial charge in [0.05, 0.1) is 5.56 Å². The fourth-order valence-electron chi connectivity index (χ4n) is 2.07. The van der Waals surface area contributed by atoms with Crippen LogP contribution in [0.1, 0.15) is 29.8 Å². The number of benzene rings is 1. The van der Waals surface area contributed by atoms with E-state index in [1.165, 1.54) is 26.0 Å². The molecule has 2 amide bonds. The third-order valence-electron chi connectivity index (χ3n) is 3.17. The lowest BCUT2D eigenvalue weighted by Crippen LogP contribution is -2.45. The van der Waals surface area contributed by atoms with Crippen molar-refractivity contribution in [3.8, 4) is 0 Å². The first-order valence-corrected chi connectivity index (χ1v) is 6.62. The number of cyclic esters (lactones) is 1. The van der Waals surface area contributed by atoms with Crippen molar-refractivity contribution in [1.29, 1.82) is 0 Å². The average Bonchev–Trinajstić information content (AvgIpc) is 2.76. The molecule has 1 N–H and O–H groups in total. The van der Waals surface area contributed by atoms with Crippen molar-refractivity contribution >= 4 is 17.7 Å². The molecule has 0 fully saturated rings. The largest absolute Gasteiger partial charge is 0.457 e. The van der Waals surface area contributed by atoms with Crippen LogP contribution in [-0.4, -0.2) is 35.7 Å². The smallest absolute Gasteiger partial charge is 0.406 e. The summed E-state index contributed by atoms with van der Waals surface area (Å²) >= 11 is 0. The first-order valence-electron chi connectivity index (χ1n) is 6.62. The first kappa shape index (κ1) is 16.1. The third kappa shape index (κ3) is 3.69. The average molecular weight is 316 g/mol. The Balaban J connectivity index is 2.13. The van der Waals surface area contributed by atoms with Crippen LogP contribution in [-0.2, 0) is 11.3 Å². The number of fused-ring (bicyclic) bond motifs is 1. The minimum Gasteiger partial charge on any atom is -0.457 e. The van der Waals surface area contributed by atoms with Gasteiger partial charge in [0.25, 0.3) is 0 Å². The Labute approximate surface area is 125 Å². The number of amides is 2. The highest BCUT2D eigenvalue weighted by atomic mass is 19.4. The summed E-state index contributed by atoms with van der Waals surface area (Å²) in [5, 5.41) is 2.38. The van der Waals surface area contributed by atoms with E-state index in [0.29, 0.717) is 16.0 Å². The summed E-state index contributed by atoms with van der Waals surface area (Å²) in [6, 6.07) is 3.01. The van der Waals surface area contributed by atoms with Crippen LogP contribution < -0.4 is 5.32 Å². The number of carbonyl (C=O) groups excluding carboxylic acids is 2. The molecule has 1 aliphatic heterocycles. The van der Waals surface area contributed by atoms with E-state index in [4.69, 9.17) is 4.74 Å². The topological polar surface area (TPSA) is 58.6 Å². The zero-order valence-electron chi connectivity index (χ0n) is 12.0. The van der Waals surface area contributed by atoms with Crippen molar-refractivity contribution < 1.29 is 27.5 Å². The Morgan fingerprint density at radius 3 is 2.68 bits per heavy atom. The zero-order valence-corrected chi connectivity index (χ0v) is 12.0. The summed E-state index contributed by atoms with van der Waals surface area (Å²) in [6.45, 7) is 1.80. The van der Waals surface area contributed by atoms with Crippen LogP contribution in [0.4, 0.5) is 23.7 Å². The molecule has 1 heterocycles. The first-order chi connectivity index (χ1) is 10.2. The summed E-state index contributed by atoms with van der Waals surface area (Å²) < 4.78 is 42.4. The molecule has 0 radical (unpaired) electrons. The Kier molecular flexibility index (Phi) is 4.30. The van der Waals surface area contributed by atoms with Crippen molar-refractivity contribution in [2.45, 2.75) is 32.7 Å². The molecular weight excluding hydrogens is 301 g/mol. The Morgan fingerprint density at radius 2 is 2.09 bits per heavy atom. The summed E-state index contributed by atoms with van der Waals surface area (Å²) in [5.74, 6) is -0.512. The SMILES string of the molecule is CC(C)N(CC(F)(F)F)C(=O)Nc1ccc2c(c1)C(=O)OC2. The maximum absolute atomic E-state index is 12.5. The van der Waals surface area contributed by atoms with Gasteiger partial charge in [-0.1, -0.05) is 6.07 Å². The minimum atomic E-state index is -4.48. The summed E-state index contributed by atoms with van der Waals surface area (Å²) in [6.07, 6.45) is -4.48. The highest BCUT2D eigenvalue weighted by Crippen LogP contribution is 2.24. The molecule has 0 bridgehead atoms. The number of hydrogen-bond donors (Lipinski definition) is 1. The number of ether oxygens (including phenoxy) is 1. The lowest BCUT2D eigenvalue weighted by molar-refractivity contribution is -0.142. The number of urea groups is 1. The van der Waals surface area contributed by atoms with Crippen LogP contribution in [0.15, 0.2) is 18.2 Å². The molecule has 1 aromatic rings. The number of carbonyl (C=O) groups is 2. The summed E-state index contributed by atoms with van der Waals surface area (Å²) in [7, 11) is 0. The minimum absolute atomic E-state index is 0.161. The second-order valence-corrected chi connectivity index (χ2v) is 5.22. The van der Waals surface area contributed by atoms with Gasteiger partial charge in [-0.2, -0.15) is 13.2 Å². The van der Waals surface area contributed by atoms with E-state index < -0.39 is 30.8 Å². The van der Waals surface area contributed by atoms with Gasteiger partial charge in [0.1, 0.15) is 13.2 Å². The second kappa shape index (κ2) is 5.86. The summed E-state index contributed by atoms with van der Waals surface area (Å²) in [5.41, 5.74) is 1.24. The van der Waals surface area contributed by atoms with E-state index >= 15 is 0 Å². The normalized spacial score (nSPS) is 13.8. The van der Waals surface area contributed by atoms with Crippen LogP contribution in [0, 0.1) is 0 Å². The van der Waals surface area contributed by atoms with Crippen LogP contribution in [0.3, 0.4) is 0 Å². The van der Waals surface area contributed by atoms with Gasteiger partial charge >= 0.3 is 18.2 Å². The molecule has 2 rings (SSSR count). The Hall–Kier alpha value is -2.25. The molecule has 0 spiro atoms. The molecular formula is C14H15F3N2O3. The number of rotatable bonds is 3. The molecule has 5 nitrogen and oxygen atoms in total. The summed E-state index contributed by atoms with van der Waals surface area (Å²) in [4.78, 5) is 24.1. The Bertz CT molecular complexity index is 599. The Morgan fingerprint density at radius 1 is 1.41 bits per heavy atom. The van der Waals surface area contributed by atoms with Crippen molar-refractivity contribution in [2.24, 2.45) is 0 Å². The van der Waals surface area contributed by atoms with Crippen LogP contribution >= 0.6 is 0 Å². The van der Waals surface area contributed by atoms with Gasteiger partial charge in [0, 0.05) is 17.3 Å². The number of nitrogens with one attached hydrogen (secondary N) is 1. The standard InChI is InChI=1S/C14H15F3N2O3/c1-8(2)19(7-14(15,16)17)13(21)18-10-4-3-9-6-22-12(20)11(9)5-10/h3-5,8H,6-7H2,1-2H3,(H,18,21). The van der Waals surface area contributed by atoms with Crippen LogP contribution in [0.25, 0.3) is 0 Å². The molecule has 0 unspecified atom stereocenters. The van der Waals surface area contributed by atoms with Crippen molar-refractivity contribution in [2.75, 3.05) is 11.9 Å². The quantitative estimate of drug-likeness (QED) is 0.872. The third-order valence-corrected chi connectivity index (χ3v) is 3.17. The predicted molar refractivity (Wildman–Crippen MR) is 72.5 cm³/mol. The molecule has 0 atom stereocenters. The zero-order chi connectivity index (χ0) is 16.5. The van der Waals surface area contributed by atoms with Gasteiger partial charge in [-0.3, -0.25) is 0 Å². The van der Waals surface area contributed by atoms with Gasteiger partial charge < -0.3 is 15.0 Å². The number of hydrogen-bond acceptors (Lipinski definition) is 3. The van der Waals surface area contributed by atoms with Gasteiger partial charge in [-0.25, -0.2) is 9.59 Å². The molecule has 0 aliphatic carbocycles. The molecule has 0 saturated carbocycles. The van der Waals surface area contributed by atoms with E-state index in [2.05, 4.69) is 5.32 Å². The molecule has 120 valence electrons. The van der Waals surface area contributed by atoms with E-state index in [-0.39, 0.29) is 12.3 Å². The number of anilines is 1. The highest BCUT2D eigenvalue weighted by Gasteiger charge is 2.34.